The summed E-state index contributed by atoms with van der Waals surface area (Å²) in [5.74, 6) is 0. The van der Waals surface area contributed by atoms with E-state index in [1.165, 1.54) is 10.9 Å². The Bertz CT molecular complexity index is 819. The molecule has 0 unspecified atom stereocenters. The van der Waals surface area contributed by atoms with Crippen molar-refractivity contribution in [1.29, 1.82) is 0 Å². The quantitative estimate of drug-likeness (QED) is 0.690. The van der Waals surface area contributed by atoms with Crippen molar-refractivity contribution in [3.63, 3.8) is 0 Å². The summed E-state index contributed by atoms with van der Waals surface area (Å²) in [6, 6.07) is 12.2. The lowest BCUT2D eigenvalue weighted by molar-refractivity contribution is 0.799. The number of nitrogens with one attached hydrogen (secondary N) is 1. The molecule has 3 aromatic rings. The lowest BCUT2D eigenvalue weighted by Gasteiger charge is -2.05. The van der Waals surface area contributed by atoms with Gasteiger partial charge in [-0.15, -0.1) is 0 Å². The standard InChI is InChI=1S/C13H9N3O2/c17-12-11-10(7-4-8-14-11)13(18)16(15-12)9-5-2-1-3-6-9/h1-8H,(H,15,17). The highest BCUT2D eigenvalue weighted by Crippen LogP contribution is 2.04. The summed E-state index contributed by atoms with van der Waals surface area (Å²) in [4.78, 5) is 28.0. The molecule has 2 heterocycles. The number of fused-ring (bicyclic) bond motifs is 1. The van der Waals surface area contributed by atoms with Crippen LogP contribution in [0.1, 0.15) is 0 Å². The van der Waals surface area contributed by atoms with Crippen molar-refractivity contribution in [1.82, 2.24) is 14.8 Å². The molecule has 0 fully saturated rings. The number of para-hydroxylation sites is 1. The smallest absolute Gasteiger partial charge is 0.267 e. The highest BCUT2D eigenvalue weighted by molar-refractivity contribution is 5.76. The molecule has 0 amide bonds. The fraction of sp³-hybridized carbons (Fsp3) is 0. The molecule has 0 saturated heterocycles. The van der Waals surface area contributed by atoms with Gasteiger partial charge < -0.3 is 0 Å². The number of pyridine rings is 1. The van der Waals surface area contributed by atoms with Crippen LogP contribution in [0.25, 0.3) is 16.6 Å². The van der Waals surface area contributed by atoms with Crippen molar-refractivity contribution in [2.75, 3.05) is 0 Å². The van der Waals surface area contributed by atoms with E-state index in [9.17, 15) is 9.59 Å². The first-order valence-electron chi connectivity index (χ1n) is 5.43. The van der Waals surface area contributed by atoms with Crippen LogP contribution in [0.5, 0.6) is 0 Å². The van der Waals surface area contributed by atoms with Gasteiger partial charge in [0, 0.05) is 6.20 Å². The molecular weight excluding hydrogens is 230 g/mol. The van der Waals surface area contributed by atoms with E-state index in [0.29, 0.717) is 11.1 Å². The summed E-state index contributed by atoms with van der Waals surface area (Å²) in [5, 5.41) is 2.83. The van der Waals surface area contributed by atoms with Gasteiger partial charge in [-0.3, -0.25) is 19.7 Å². The first kappa shape index (κ1) is 10.5. The Labute approximate surface area is 101 Å². The van der Waals surface area contributed by atoms with Gasteiger partial charge in [-0.2, -0.15) is 0 Å². The molecule has 0 aliphatic heterocycles. The maximum absolute atomic E-state index is 12.2. The number of rotatable bonds is 1. The van der Waals surface area contributed by atoms with Gasteiger partial charge in [-0.25, -0.2) is 4.68 Å². The molecule has 0 bridgehead atoms. The molecule has 0 radical (unpaired) electrons. The highest BCUT2D eigenvalue weighted by atomic mass is 16.2. The highest BCUT2D eigenvalue weighted by Gasteiger charge is 2.08. The Morgan fingerprint density at radius 1 is 1.00 bits per heavy atom. The predicted molar refractivity (Wildman–Crippen MR) is 68.0 cm³/mol. The second-order valence-electron chi connectivity index (χ2n) is 3.82. The lowest BCUT2D eigenvalue weighted by atomic mass is 10.3. The predicted octanol–water partition coefficient (Wildman–Crippen LogP) is 1.07. The second kappa shape index (κ2) is 3.96. The number of aromatic nitrogens is 3. The maximum atomic E-state index is 12.2. The average Bonchev–Trinajstić information content (AvgIpc) is 2.44. The molecule has 1 aromatic carbocycles. The molecule has 0 saturated carbocycles. The van der Waals surface area contributed by atoms with Gasteiger partial charge in [-0.1, -0.05) is 18.2 Å². The van der Waals surface area contributed by atoms with E-state index in [4.69, 9.17) is 0 Å². The van der Waals surface area contributed by atoms with Crippen LogP contribution in [0, 0.1) is 0 Å². The van der Waals surface area contributed by atoms with Gasteiger partial charge in [-0.05, 0) is 24.3 Å². The molecule has 0 atom stereocenters. The zero-order valence-electron chi connectivity index (χ0n) is 9.33. The topological polar surface area (TPSA) is 67.8 Å². The van der Waals surface area contributed by atoms with E-state index in [1.54, 1.807) is 36.4 Å². The zero-order chi connectivity index (χ0) is 12.5. The van der Waals surface area contributed by atoms with Crippen LogP contribution in [0.15, 0.2) is 58.3 Å². The number of nitrogens with zero attached hydrogens (tertiary/aromatic N) is 2. The van der Waals surface area contributed by atoms with E-state index in [0.717, 1.165) is 0 Å². The number of hydrogen-bond acceptors (Lipinski definition) is 3. The molecule has 1 N–H and O–H groups in total. The molecule has 0 aliphatic carbocycles. The van der Waals surface area contributed by atoms with Gasteiger partial charge in [0.1, 0.15) is 5.52 Å². The van der Waals surface area contributed by atoms with E-state index >= 15 is 0 Å². The molecule has 2 aromatic heterocycles. The van der Waals surface area contributed by atoms with Gasteiger partial charge in [0.15, 0.2) is 0 Å². The summed E-state index contributed by atoms with van der Waals surface area (Å²) >= 11 is 0. The average molecular weight is 239 g/mol. The van der Waals surface area contributed by atoms with Crippen LogP contribution in [-0.2, 0) is 0 Å². The lowest BCUT2D eigenvalue weighted by Crippen LogP contribution is -2.28. The Morgan fingerprint density at radius 2 is 1.78 bits per heavy atom. The minimum absolute atomic E-state index is 0.162. The van der Waals surface area contributed by atoms with Crippen molar-refractivity contribution >= 4 is 10.9 Å². The number of aromatic amines is 1. The molecule has 5 nitrogen and oxygen atoms in total. The normalized spacial score (nSPS) is 10.7. The third kappa shape index (κ3) is 1.53. The molecule has 88 valence electrons. The van der Waals surface area contributed by atoms with Crippen molar-refractivity contribution in [2.45, 2.75) is 0 Å². The van der Waals surface area contributed by atoms with E-state index in [1.807, 2.05) is 6.07 Å². The molecular formula is C13H9N3O2. The third-order valence-electron chi connectivity index (χ3n) is 2.68. The summed E-state index contributed by atoms with van der Waals surface area (Å²) < 4.78 is 1.23. The third-order valence-corrected chi connectivity index (χ3v) is 2.68. The van der Waals surface area contributed by atoms with Crippen LogP contribution < -0.4 is 11.1 Å². The number of hydrogen-bond donors (Lipinski definition) is 1. The van der Waals surface area contributed by atoms with Gasteiger partial charge in [0.2, 0.25) is 0 Å². The molecule has 5 heteroatoms. The van der Waals surface area contributed by atoms with Gasteiger partial charge >= 0.3 is 0 Å². The van der Waals surface area contributed by atoms with E-state index < -0.39 is 0 Å². The van der Waals surface area contributed by atoms with Crippen molar-refractivity contribution < 1.29 is 0 Å². The van der Waals surface area contributed by atoms with Crippen molar-refractivity contribution in [3.05, 3.63) is 69.4 Å². The van der Waals surface area contributed by atoms with Crippen LogP contribution in [-0.4, -0.2) is 14.8 Å². The largest absolute Gasteiger partial charge is 0.289 e. The fourth-order valence-corrected chi connectivity index (χ4v) is 1.84. The Kier molecular flexibility index (Phi) is 2.30. The van der Waals surface area contributed by atoms with Crippen LogP contribution in [0.3, 0.4) is 0 Å². The first-order chi connectivity index (χ1) is 8.77. The van der Waals surface area contributed by atoms with Gasteiger partial charge in [0.25, 0.3) is 11.1 Å². The van der Waals surface area contributed by atoms with Crippen molar-refractivity contribution in [2.24, 2.45) is 0 Å². The first-order valence-corrected chi connectivity index (χ1v) is 5.43. The SMILES string of the molecule is O=c1[nH]n(-c2ccccc2)c(=O)c2cccnc12. The van der Waals surface area contributed by atoms with Crippen molar-refractivity contribution in [3.8, 4) is 5.69 Å². The summed E-state index contributed by atoms with van der Waals surface area (Å²) in [6.07, 6.45) is 1.49. The monoisotopic (exact) mass is 239 g/mol. The Hall–Kier alpha value is -2.69. The molecule has 3 rings (SSSR count). The summed E-state index contributed by atoms with van der Waals surface area (Å²) in [7, 11) is 0. The van der Waals surface area contributed by atoms with Crippen LogP contribution >= 0.6 is 0 Å². The van der Waals surface area contributed by atoms with E-state index in [-0.39, 0.29) is 16.6 Å². The fourth-order valence-electron chi connectivity index (χ4n) is 1.84. The molecule has 18 heavy (non-hydrogen) atoms. The van der Waals surface area contributed by atoms with E-state index in [2.05, 4.69) is 10.1 Å². The van der Waals surface area contributed by atoms with Gasteiger partial charge in [0.05, 0.1) is 11.1 Å². The Balaban J connectivity index is 2.43. The summed E-state index contributed by atoms with van der Waals surface area (Å²) in [6.45, 7) is 0. The van der Waals surface area contributed by atoms with Crippen LogP contribution in [0.4, 0.5) is 0 Å². The molecule has 0 spiro atoms. The minimum atomic E-state index is -0.381. The maximum Gasteiger partial charge on any atom is 0.289 e. The summed E-state index contributed by atoms with van der Waals surface area (Å²) in [5.41, 5.74) is 0.109. The molecule has 0 aliphatic rings. The zero-order valence-corrected chi connectivity index (χ0v) is 9.33. The number of benzene rings is 1. The number of H-pyrrole nitrogens is 1. The minimum Gasteiger partial charge on any atom is -0.267 e. The second-order valence-corrected chi connectivity index (χ2v) is 3.82. The Morgan fingerprint density at radius 3 is 2.56 bits per heavy atom. The van der Waals surface area contributed by atoms with Crippen LogP contribution in [0.2, 0.25) is 0 Å².